The fourth-order valence-electron chi connectivity index (χ4n) is 3.04. The number of para-hydroxylation sites is 1. The van der Waals surface area contributed by atoms with Crippen molar-refractivity contribution in [1.82, 2.24) is 10.6 Å². The third kappa shape index (κ3) is 6.38. The van der Waals surface area contributed by atoms with Gasteiger partial charge in [-0.2, -0.15) is 0 Å². The number of carbonyl (C=O) groups is 2. The summed E-state index contributed by atoms with van der Waals surface area (Å²) in [5.74, 6) is -0.197. The Labute approximate surface area is 160 Å². The first kappa shape index (κ1) is 20.3. The SMILES string of the molecule is COCCCNC(=O)c1ccccc1NC(=S)NC(=O)C1CCCCC1. The molecule has 7 heteroatoms. The summed E-state index contributed by atoms with van der Waals surface area (Å²) in [5, 5.41) is 8.81. The summed E-state index contributed by atoms with van der Waals surface area (Å²) >= 11 is 5.26. The highest BCUT2D eigenvalue weighted by Crippen LogP contribution is 2.23. The predicted octanol–water partition coefficient (Wildman–Crippen LogP) is 2.85. The molecule has 0 radical (unpaired) electrons. The Morgan fingerprint density at radius 2 is 1.92 bits per heavy atom. The van der Waals surface area contributed by atoms with E-state index < -0.39 is 0 Å². The largest absolute Gasteiger partial charge is 0.385 e. The zero-order chi connectivity index (χ0) is 18.8. The second kappa shape index (κ2) is 10.9. The molecular formula is C19H27N3O3S. The van der Waals surface area contributed by atoms with E-state index in [0.717, 1.165) is 32.1 Å². The van der Waals surface area contributed by atoms with E-state index in [1.165, 1.54) is 6.42 Å². The van der Waals surface area contributed by atoms with Gasteiger partial charge < -0.3 is 20.7 Å². The summed E-state index contributed by atoms with van der Waals surface area (Å²) < 4.78 is 4.97. The fraction of sp³-hybridized carbons (Fsp3) is 0.526. The Bertz CT molecular complexity index is 630. The minimum Gasteiger partial charge on any atom is -0.385 e. The minimum atomic E-state index is -0.189. The molecule has 1 aliphatic carbocycles. The van der Waals surface area contributed by atoms with Crippen molar-refractivity contribution >= 4 is 34.8 Å². The van der Waals surface area contributed by atoms with Gasteiger partial charge in [0.1, 0.15) is 0 Å². The zero-order valence-electron chi connectivity index (χ0n) is 15.2. The summed E-state index contributed by atoms with van der Waals surface area (Å²) in [7, 11) is 1.63. The molecule has 0 aliphatic heterocycles. The number of benzene rings is 1. The number of nitrogens with one attached hydrogen (secondary N) is 3. The van der Waals surface area contributed by atoms with Crippen molar-refractivity contribution in [2.45, 2.75) is 38.5 Å². The fourth-order valence-corrected chi connectivity index (χ4v) is 3.25. The Balaban J connectivity index is 1.90. The first-order valence-electron chi connectivity index (χ1n) is 9.10. The van der Waals surface area contributed by atoms with E-state index in [1.54, 1.807) is 25.3 Å². The lowest BCUT2D eigenvalue weighted by molar-refractivity contribution is -0.124. The van der Waals surface area contributed by atoms with Crippen LogP contribution in [0.25, 0.3) is 0 Å². The average Bonchev–Trinajstić information content (AvgIpc) is 2.66. The van der Waals surface area contributed by atoms with E-state index in [0.29, 0.717) is 24.4 Å². The van der Waals surface area contributed by atoms with Gasteiger partial charge in [0.2, 0.25) is 5.91 Å². The van der Waals surface area contributed by atoms with Crippen LogP contribution in [0.5, 0.6) is 0 Å². The van der Waals surface area contributed by atoms with Gasteiger partial charge in [-0.05, 0) is 43.6 Å². The van der Waals surface area contributed by atoms with E-state index in [2.05, 4.69) is 16.0 Å². The molecule has 0 heterocycles. The van der Waals surface area contributed by atoms with Crippen LogP contribution in [0.1, 0.15) is 48.9 Å². The molecule has 2 amide bonds. The summed E-state index contributed by atoms with van der Waals surface area (Å²) in [6.45, 7) is 1.13. The van der Waals surface area contributed by atoms with Gasteiger partial charge in [0, 0.05) is 26.2 Å². The van der Waals surface area contributed by atoms with Crippen molar-refractivity contribution in [3.63, 3.8) is 0 Å². The lowest BCUT2D eigenvalue weighted by Crippen LogP contribution is -2.39. The van der Waals surface area contributed by atoms with Crippen LogP contribution in [-0.2, 0) is 9.53 Å². The third-order valence-electron chi connectivity index (χ3n) is 4.44. The highest BCUT2D eigenvalue weighted by molar-refractivity contribution is 7.80. The van der Waals surface area contributed by atoms with Crippen LogP contribution in [0.3, 0.4) is 0 Å². The van der Waals surface area contributed by atoms with Crippen molar-refractivity contribution in [3.05, 3.63) is 29.8 Å². The molecule has 1 saturated carbocycles. The molecule has 2 rings (SSSR count). The highest BCUT2D eigenvalue weighted by atomic mass is 32.1. The van der Waals surface area contributed by atoms with Crippen LogP contribution >= 0.6 is 12.2 Å². The smallest absolute Gasteiger partial charge is 0.253 e. The number of amides is 2. The molecule has 0 aromatic heterocycles. The molecule has 26 heavy (non-hydrogen) atoms. The first-order chi connectivity index (χ1) is 12.6. The molecule has 0 atom stereocenters. The zero-order valence-corrected chi connectivity index (χ0v) is 16.0. The van der Waals surface area contributed by atoms with Gasteiger partial charge in [-0.1, -0.05) is 31.4 Å². The molecular weight excluding hydrogens is 350 g/mol. The molecule has 0 spiro atoms. The monoisotopic (exact) mass is 377 g/mol. The van der Waals surface area contributed by atoms with Gasteiger partial charge in [0.15, 0.2) is 5.11 Å². The summed E-state index contributed by atoms with van der Waals surface area (Å²) in [6, 6.07) is 7.09. The molecule has 1 aromatic carbocycles. The van der Waals surface area contributed by atoms with E-state index in [4.69, 9.17) is 17.0 Å². The Morgan fingerprint density at radius 1 is 1.19 bits per heavy atom. The Hall–Kier alpha value is -1.99. The second-order valence-corrected chi connectivity index (χ2v) is 6.83. The lowest BCUT2D eigenvalue weighted by atomic mass is 9.89. The number of thiocarbonyl (C=S) groups is 1. The number of hydrogen-bond donors (Lipinski definition) is 3. The van der Waals surface area contributed by atoms with Crippen LogP contribution < -0.4 is 16.0 Å². The molecule has 1 fully saturated rings. The van der Waals surface area contributed by atoms with Crippen LogP contribution in [0, 0.1) is 5.92 Å². The van der Waals surface area contributed by atoms with Crippen LogP contribution in [0.2, 0.25) is 0 Å². The van der Waals surface area contributed by atoms with Crippen LogP contribution in [-0.4, -0.2) is 37.2 Å². The summed E-state index contributed by atoms with van der Waals surface area (Å²) in [4.78, 5) is 24.6. The molecule has 3 N–H and O–H groups in total. The maximum atomic E-state index is 12.4. The maximum Gasteiger partial charge on any atom is 0.253 e. The first-order valence-corrected chi connectivity index (χ1v) is 9.50. The molecule has 1 aromatic rings. The second-order valence-electron chi connectivity index (χ2n) is 6.43. The van der Waals surface area contributed by atoms with E-state index in [-0.39, 0.29) is 22.8 Å². The van der Waals surface area contributed by atoms with Crippen molar-refractivity contribution in [2.24, 2.45) is 5.92 Å². The number of carbonyl (C=O) groups excluding carboxylic acids is 2. The Kier molecular flexibility index (Phi) is 8.50. The predicted molar refractivity (Wildman–Crippen MR) is 106 cm³/mol. The average molecular weight is 378 g/mol. The molecule has 6 nitrogen and oxygen atoms in total. The summed E-state index contributed by atoms with van der Waals surface area (Å²) in [6.07, 6.45) is 5.94. The molecule has 0 saturated heterocycles. The van der Waals surface area contributed by atoms with Crippen LogP contribution in [0.15, 0.2) is 24.3 Å². The van der Waals surface area contributed by atoms with E-state index in [9.17, 15) is 9.59 Å². The molecule has 1 aliphatic rings. The quantitative estimate of drug-likeness (QED) is 0.503. The van der Waals surface area contributed by atoms with Crippen molar-refractivity contribution in [1.29, 1.82) is 0 Å². The van der Waals surface area contributed by atoms with Crippen molar-refractivity contribution in [3.8, 4) is 0 Å². The van der Waals surface area contributed by atoms with Gasteiger partial charge >= 0.3 is 0 Å². The number of hydrogen-bond acceptors (Lipinski definition) is 4. The third-order valence-corrected chi connectivity index (χ3v) is 4.65. The lowest BCUT2D eigenvalue weighted by Gasteiger charge is -2.21. The van der Waals surface area contributed by atoms with E-state index >= 15 is 0 Å². The van der Waals surface area contributed by atoms with Gasteiger partial charge in [0.05, 0.1) is 11.3 Å². The van der Waals surface area contributed by atoms with Gasteiger partial charge in [-0.25, -0.2) is 0 Å². The minimum absolute atomic E-state index is 0.0304. The number of rotatable bonds is 7. The van der Waals surface area contributed by atoms with Gasteiger partial charge in [-0.3, -0.25) is 9.59 Å². The standard InChI is InChI=1S/C19H27N3O3S/c1-25-13-7-12-20-18(24)15-10-5-6-11-16(15)21-19(26)22-17(23)14-8-3-2-4-9-14/h5-6,10-11,14H,2-4,7-9,12-13H2,1H3,(H,20,24)(H2,21,22,23,26). The molecule has 142 valence electrons. The topological polar surface area (TPSA) is 79.5 Å². The highest BCUT2D eigenvalue weighted by Gasteiger charge is 2.22. The molecule has 0 bridgehead atoms. The number of ether oxygens (including phenoxy) is 1. The van der Waals surface area contributed by atoms with E-state index in [1.807, 2.05) is 6.07 Å². The van der Waals surface area contributed by atoms with Gasteiger partial charge in [-0.15, -0.1) is 0 Å². The number of anilines is 1. The maximum absolute atomic E-state index is 12.4. The number of methoxy groups -OCH3 is 1. The Morgan fingerprint density at radius 3 is 2.65 bits per heavy atom. The normalized spacial score (nSPS) is 14.5. The van der Waals surface area contributed by atoms with Crippen molar-refractivity contribution in [2.75, 3.05) is 25.6 Å². The van der Waals surface area contributed by atoms with Gasteiger partial charge in [0.25, 0.3) is 5.91 Å². The summed E-state index contributed by atoms with van der Waals surface area (Å²) in [5.41, 5.74) is 1.06. The van der Waals surface area contributed by atoms with Crippen LogP contribution in [0.4, 0.5) is 5.69 Å². The van der Waals surface area contributed by atoms with Crippen molar-refractivity contribution < 1.29 is 14.3 Å². The molecule has 0 unspecified atom stereocenters.